The summed E-state index contributed by atoms with van der Waals surface area (Å²) in [4.78, 5) is 22.5. The van der Waals surface area contributed by atoms with Gasteiger partial charge >= 0.3 is 0 Å². The van der Waals surface area contributed by atoms with Gasteiger partial charge in [0.2, 0.25) is 5.95 Å². The average Bonchev–Trinajstić information content (AvgIpc) is 3.10. The predicted molar refractivity (Wildman–Crippen MR) is 91.5 cm³/mol. The van der Waals surface area contributed by atoms with Crippen LogP contribution in [0.3, 0.4) is 0 Å². The van der Waals surface area contributed by atoms with Crippen LogP contribution in [0.1, 0.15) is 33.3 Å². The zero-order valence-electron chi connectivity index (χ0n) is 12.4. The molecule has 114 valence electrons. The molecule has 0 saturated heterocycles. The average molecular weight is 321 g/mol. The molecule has 4 rings (SSSR count). The van der Waals surface area contributed by atoms with Gasteiger partial charge in [0.05, 0.1) is 11.3 Å². The molecule has 0 aliphatic heterocycles. The molecule has 1 aliphatic rings. The highest BCUT2D eigenvalue weighted by atomic mass is 32.1. The first-order valence-corrected chi connectivity index (χ1v) is 8.42. The molecule has 0 bridgehead atoms. The first kappa shape index (κ1) is 14.1. The number of nitrogens with one attached hydrogen (secondary N) is 1. The molecule has 0 radical (unpaired) electrons. The Balaban J connectivity index is 1.63. The number of Topliss-reactive ketones (excluding diaryl/α,β-unsaturated/α-hetero) is 1. The standard InChI is InChI=1S/C18H15N3OS/c22-16-10-12(17-7-4-8-23-17)9-15-14(16)11-19-18(21-15)20-13-5-2-1-3-6-13/h1-8,11-12H,9-10H2,(H,19,20,21). The van der Waals surface area contributed by atoms with Crippen molar-refractivity contribution in [1.29, 1.82) is 0 Å². The topological polar surface area (TPSA) is 54.9 Å². The highest BCUT2D eigenvalue weighted by Crippen LogP contribution is 2.34. The fourth-order valence-corrected chi connectivity index (χ4v) is 3.71. The number of fused-ring (bicyclic) bond motifs is 1. The maximum absolute atomic E-state index is 12.4. The van der Waals surface area contributed by atoms with Crippen molar-refractivity contribution in [2.24, 2.45) is 0 Å². The van der Waals surface area contributed by atoms with Crippen LogP contribution >= 0.6 is 11.3 Å². The lowest BCUT2D eigenvalue weighted by Crippen LogP contribution is -2.20. The molecule has 1 aliphatic carbocycles. The van der Waals surface area contributed by atoms with Crippen molar-refractivity contribution < 1.29 is 4.79 Å². The number of carbonyl (C=O) groups excluding carboxylic acids is 1. The quantitative estimate of drug-likeness (QED) is 0.785. The number of hydrogen-bond acceptors (Lipinski definition) is 5. The third-order valence-electron chi connectivity index (χ3n) is 4.02. The summed E-state index contributed by atoms with van der Waals surface area (Å²) in [5, 5.41) is 5.24. The summed E-state index contributed by atoms with van der Waals surface area (Å²) in [7, 11) is 0. The lowest BCUT2D eigenvalue weighted by atomic mass is 9.86. The number of aromatic nitrogens is 2. The van der Waals surface area contributed by atoms with E-state index in [2.05, 4.69) is 26.7 Å². The van der Waals surface area contributed by atoms with Crippen LogP contribution in [-0.4, -0.2) is 15.8 Å². The zero-order valence-corrected chi connectivity index (χ0v) is 13.2. The minimum absolute atomic E-state index is 0.135. The lowest BCUT2D eigenvalue weighted by Gasteiger charge is -2.22. The molecule has 5 heteroatoms. The summed E-state index contributed by atoms with van der Waals surface area (Å²) in [5.74, 6) is 0.903. The first-order chi connectivity index (χ1) is 11.3. The van der Waals surface area contributed by atoms with Crippen molar-refractivity contribution >= 4 is 28.8 Å². The summed E-state index contributed by atoms with van der Waals surface area (Å²) in [5.41, 5.74) is 2.44. The van der Waals surface area contributed by atoms with Crippen LogP contribution in [0, 0.1) is 0 Å². The monoisotopic (exact) mass is 321 g/mol. The van der Waals surface area contributed by atoms with E-state index in [1.54, 1.807) is 17.5 Å². The number of ketones is 1. The van der Waals surface area contributed by atoms with Crippen LogP contribution in [0.4, 0.5) is 11.6 Å². The molecule has 4 nitrogen and oxygen atoms in total. The highest BCUT2D eigenvalue weighted by molar-refractivity contribution is 7.10. The first-order valence-electron chi connectivity index (χ1n) is 7.54. The molecular formula is C18H15N3OS. The summed E-state index contributed by atoms with van der Waals surface area (Å²) in [6.07, 6.45) is 2.98. The molecule has 2 aromatic heterocycles. The number of thiophene rings is 1. The maximum atomic E-state index is 12.4. The molecular weight excluding hydrogens is 306 g/mol. The summed E-state index contributed by atoms with van der Waals surface area (Å²) in [6, 6.07) is 13.9. The van der Waals surface area contributed by atoms with Crippen molar-refractivity contribution in [2.45, 2.75) is 18.8 Å². The van der Waals surface area contributed by atoms with E-state index in [1.807, 2.05) is 36.4 Å². The molecule has 1 aromatic carbocycles. The number of nitrogens with zero attached hydrogens (tertiary/aromatic N) is 2. The number of hydrogen-bond donors (Lipinski definition) is 1. The van der Waals surface area contributed by atoms with Gasteiger partial charge < -0.3 is 5.32 Å². The minimum atomic E-state index is 0.135. The Morgan fingerprint density at radius 3 is 2.74 bits per heavy atom. The number of rotatable bonds is 3. The number of para-hydroxylation sites is 1. The Labute approximate surface area is 138 Å². The molecule has 3 aromatic rings. The van der Waals surface area contributed by atoms with Gasteiger partial charge in [0.25, 0.3) is 0 Å². The van der Waals surface area contributed by atoms with E-state index < -0.39 is 0 Å². The van der Waals surface area contributed by atoms with E-state index in [0.717, 1.165) is 17.8 Å². The van der Waals surface area contributed by atoms with E-state index in [-0.39, 0.29) is 11.7 Å². The normalized spacial score (nSPS) is 16.9. The molecule has 23 heavy (non-hydrogen) atoms. The van der Waals surface area contributed by atoms with E-state index in [1.165, 1.54) is 4.88 Å². The Hall–Kier alpha value is -2.53. The molecule has 0 saturated carbocycles. The second-order valence-corrected chi connectivity index (χ2v) is 6.57. The van der Waals surface area contributed by atoms with Gasteiger partial charge in [-0.25, -0.2) is 9.97 Å². The number of benzene rings is 1. The Bertz CT molecular complexity index is 831. The third-order valence-corrected chi connectivity index (χ3v) is 5.05. The SMILES string of the molecule is O=C1CC(c2cccs2)Cc2nc(Nc3ccccc3)ncc21. The van der Waals surface area contributed by atoms with Crippen molar-refractivity contribution in [3.8, 4) is 0 Å². The number of anilines is 2. The third kappa shape index (κ3) is 2.87. The predicted octanol–water partition coefficient (Wildman–Crippen LogP) is 4.19. The molecule has 2 heterocycles. The molecule has 0 amide bonds. The van der Waals surface area contributed by atoms with Gasteiger partial charge in [-0.05, 0) is 30.0 Å². The Kier molecular flexibility index (Phi) is 3.63. The van der Waals surface area contributed by atoms with Gasteiger partial charge in [-0.3, -0.25) is 4.79 Å². The smallest absolute Gasteiger partial charge is 0.227 e. The van der Waals surface area contributed by atoms with Gasteiger partial charge in [0, 0.05) is 29.1 Å². The van der Waals surface area contributed by atoms with E-state index in [0.29, 0.717) is 17.9 Å². The maximum Gasteiger partial charge on any atom is 0.227 e. The van der Waals surface area contributed by atoms with Gasteiger partial charge in [-0.1, -0.05) is 24.3 Å². The van der Waals surface area contributed by atoms with Crippen molar-refractivity contribution in [3.63, 3.8) is 0 Å². The van der Waals surface area contributed by atoms with E-state index in [4.69, 9.17) is 0 Å². The summed E-state index contributed by atoms with van der Waals surface area (Å²) in [6.45, 7) is 0. The van der Waals surface area contributed by atoms with Crippen LogP contribution in [0.25, 0.3) is 0 Å². The fourth-order valence-electron chi connectivity index (χ4n) is 2.88. The van der Waals surface area contributed by atoms with Gasteiger partial charge in [0.1, 0.15) is 0 Å². The highest BCUT2D eigenvalue weighted by Gasteiger charge is 2.28. The van der Waals surface area contributed by atoms with E-state index >= 15 is 0 Å². The largest absolute Gasteiger partial charge is 0.324 e. The van der Waals surface area contributed by atoms with E-state index in [9.17, 15) is 4.79 Å². The molecule has 1 atom stereocenters. The Morgan fingerprint density at radius 1 is 1.09 bits per heavy atom. The summed E-state index contributed by atoms with van der Waals surface area (Å²) >= 11 is 1.70. The van der Waals surface area contributed by atoms with Gasteiger partial charge in [0.15, 0.2) is 5.78 Å². The van der Waals surface area contributed by atoms with Gasteiger partial charge in [-0.15, -0.1) is 11.3 Å². The van der Waals surface area contributed by atoms with Crippen LogP contribution in [0.5, 0.6) is 0 Å². The lowest BCUT2D eigenvalue weighted by molar-refractivity contribution is 0.0963. The molecule has 1 unspecified atom stereocenters. The fraction of sp³-hybridized carbons (Fsp3) is 0.167. The van der Waals surface area contributed by atoms with Gasteiger partial charge in [-0.2, -0.15) is 0 Å². The van der Waals surface area contributed by atoms with Crippen LogP contribution in [0.15, 0.2) is 54.0 Å². The molecule has 1 N–H and O–H groups in total. The molecule has 0 spiro atoms. The van der Waals surface area contributed by atoms with Crippen LogP contribution in [-0.2, 0) is 6.42 Å². The zero-order chi connectivity index (χ0) is 15.6. The Morgan fingerprint density at radius 2 is 1.96 bits per heavy atom. The van der Waals surface area contributed by atoms with Crippen molar-refractivity contribution in [2.75, 3.05) is 5.32 Å². The van der Waals surface area contributed by atoms with Crippen molar-refractivity contribution in [1.82, 2.24) is 9.97 Å². The number of carbonyl (C=O) groups is 1. The summed E-state index contributed by atoms with van der Waals surface area (Å²) < 4.78 is 0. The second kappa shape index (κ2) is 5.93. The second-order valence-electron chi connectivity index (χ2n) is 5.59. The van der Waals surface area contributed by atoms with Crippen molar-refractivity contribution in [3.05, 3.63) is 70.2 Å². The van der Waals surface area contributed by atoms with Crippen LogP contribution in [0.2, 0.25) is 0 Å². The molecule has 0 fully saturated rings. The minimum Gasteiger partial charge on any atom is -0.324 e. The van der Waals surface area contributed by atoms with Crippen LogP contribution < -0.4 is 5.32 Å².